The molecule has 0 aliphatic carbocycles. The van der Waals surface area contributed by atoms with Gasteiger partial charge in [0, 0.05) is 12.3 Å². The molecule has 2 N–H and O–H groups in total. The van der Waals surface area contributed by atoms with Crippen LogP contribution in [0.2, 0.25) is 0 Å². The molecule has 0 saturated carbocycles. The highest BCUT2D eigenvalue weighted by Crippen LogP contribution is 2.18. The van der Waals surface area contributed by atoms with Crippen LogP contribution >= 0.6 is 0 Å². The molecule has 0 aromatic heterocycles. The van der Waals surface area contributed by atoms with Gasteiger partial charge < -0.3 is 15.2 Å². The zero-order valence-electron chi connectivity index (χ0n) is 10.2. The maximum absolute atomic E-state index is 13.6. The van der Waals surface area contributed by atoms with Crippen LogP contribution < -0.4 is 5.32 Å². The predicted molar refractivity (Wildman–Crippen MR) is 65.3 cm³/mol. The van der Waals surface area contributed by atoms with E-state index in [1.54, 1.807) is 0 Å². The zero-order chi connectivity index (χ0) is 13.8. The molecule has 0 unspecified atom stereocenters. The molecule has 1 aromatic rings. The molecular weight excluding hydrogens is 253 g/mol. The number of carboxylic acids is 1. The summed E-state index contributed by atoms with van der Waals surface area (Å²) in [5.74, 6) is -2.05. The fraction of sp³-hybridized carbons (Fsp3) is 0.385. The number of anilines is 1. The van der Waals surface area contributed by atoms with Crippen molar-refractivity contribution in [2.75, 3.05) is 11.9 Å². The van der Waals surface area contributed by atoms with E-state index >= 15 is 0 Å². The van der Waals surface area contributed by atoms with Crippen LogP contribution in [0, 0.1) is 5.82 Å². The summed E-state index contributed by atoms with van der Waals surface area (Å²) < 4.78 is 18.8. The third kappa shape index (κ3) is 3.51. The summed E-state index contributed by atoms with van der Waals surface area (Å²) in [5, 5.41) is 11.2. The third-order valence-electron chi connectivity index (χ3n) is 2.88. The molecule has 1 saturated heterocycles. The van der Waals surface area contributed by atoms with E-state index in [2.05, 4.69) is 5.32 Å². The second kappa shape index (κ2) is 5.79. The molecule has 6 heteroatoms. The minimum atomic E-state index is -1.10. The normalized spacial score (nSPS) is 18.3. The molecule has 102 valence electrons. The second-order valence-corrected chi connectivity index (χ2v) is 4.37. The van der Waals surface area contributed by atoms with Gasteiger partial charge in [-0.05, 0) is 30.5 Å². The third-order valence-corrected chi connectivity index (χ3v) is 2.88. The number of hydrogen-bond donors (Lipinski definition) is 2. The summed E-state index contributed by atoms with van der Waals surface area (Å²) in [6, 6.07) is 3.95. The van der Waals surface area contributed by atoms with Crippen LogP contribution in [-0.2, 0) is 20.7 Å². The Labute approximate surface area is 109 Å². The van der Waals surface area contributed by atoms with Crippen molar-refractivity contribution in [2.45, 2.75) is 25.4 Å². The van der Waals surface area contributed by atoms with E-state index in [0.29, 0.717) is 18.7 Å². The van der Waals surface area contributed by atoms with Crippen LogP contribution in [0.4, 0.5) is 10.1 Å². The van der Waals surface area contributed by atoms with Crippen molar-refractivity contribution >= 4 is 17.6 Å². The Morgan fingerprint density at radius 2 is 2.26 bits per heavy atom. The number of carbonyl (C=O) groups excluding carboxylic acids is 1. The Morgan fingerprint density at radius 1 is 1.47 bits per heavy atom. The van der Waals surface area contributed by atoms with Crippen molar-refractivity contribution in [3.63, 3.8) is 0 Å². The molecule has 0 bridgehead atoms. The van der Waals surface area contributed by atoms with Crippen molar-refractivity contribution in [1.82, 2.24) is 0 Å². The number of nitrogens with one attached hydrogen (secondary N) is 1. The number of carboxylic acid groups (broad SMARTS) is 1. The van der Waals surface area contributed by atoms with Gasteiger partial charge in [-0.15, -0.1) is 0 Å². The van der Waals surface area contributed by atoms with Gasteiger partial charge in [0.2, 0.25) is 0 Å². The highest BCUT2D eigenvalue weighted by atomic mass is 19.1. The molecule has 19 heavy (non-hydrogen) atoms. The average molecular weight is 267 g/mol. The van der Waals surface area contributed by atoms with E-state index in [9.17, 15) is 14.0 Å². The van der Waals surface area contributed by atoms with Crippen LogP contribution in [0.3, 0.4) is 0 Å². The molecule has 1 aliphatic heterocycles. The lowest BCUT2D eigenvalue weighted by atomic mass is 10.1. The van der Waals surface area contributed by atoms with Crippen LogP contribution in [0.1, 0.15) is 18.4 Å². The fourth-order valence-electron chi connectivity index (χ4n) is 1.94. The summed E-state index contributed by atoms with van der Waals surface area (Å²) in [5.41, 5.74) is 0.384. The van der Waals surface area contributed by atoms with E-state index in [-0.39, 0.29) is 17.9 Å². The molecule has 1 atom stereocenters. The number of amides is 1. The van der Waals surface area contributed by atoms with Gasteiger partial charge in [0.1, 0.15) is 11.9 Å². The first kappa shape index (κ1) is 13.5. The van der Waals surface area contributed by atoms with Gasteiger partial charge >= 0.3 is 5.97 Å². The Balaban J connectivity index is 2.03. The highest BCUT2D eigenvalue weighted by Gasteiger charge is 2.23. The van der Waals surface area contributed by atoms with Crippen LogP contribution in [-0.4, -0.2) is 29.7 Å². The number of aliphatic carboxylic acids is 1. The van der Waals surface area contributed by atoms with Crippen molar-refractivity contribution < 1.29 is 23.8 Å². The number of carbonyl (C=O) groups is 2. The lowest BCUT2D eigenvalue weighted by Gasteiger charge is -2.11. The largest absolute Gasteiger partial charge is 0.481 e. The summed E-state index contributed by atoms with van der Waals surface area (Å²) in [4.78, 5) is 22.2. The first-order chi connectivity index (χ1) is 9.06. The van der Waals surface area contributed by atoms with E-state index in [1.165, 1.54) is 12.1 Å². The molecule has 1 fully saturated rings. The number of halogens is 1. The maximum Gasteiger partial charge on any atom is 0.307 e. The van der Waals surface area contributed by atoms with Gasteiger partial charge in [-0.1, -0.05) is 6.07 Å². The standard InChI is InChI=1S/C13H14FNO4/c14-10-7-9(4-3-8(10)6-12(16)17)15-13(18)11-2-1-5-19-11/h3-4,7,11H,1-2,5-6H2,(H,15,18)(H,16,17)/t11-/m0/s1. The van der Waals surface area contributed by atoms with E-state index in [4.69, 9.17) is 9.84 Å². The first-order valence-corrected chi connectivity index (χ1v) is 5.99. The first-order valence-electron chi connectivity index (χ1n) is 5.99. The van der Waals surface area contributed by atoms with Crippen molar-refractivity contribution in [3.8, 4) is 0 Å². The molecule has 0 radical (unpaired) electrons. The molecule has 5 nitrogen and oxygen atoms in total. The van der Waals surface area contributed by atoms with Gasteiger partial charge in [-0.3, -0.25) is 9.59 Å². The molecule has 1 aliphatic rings. The number of benzene rings is 1. The highest BCUT2D eigenvalue weighted by molar-refractivity contribution is 5.94. The summed E-state index contributed by atoms with van der Waals surface area (Å²) in [7, 11) is 0. The number of rotatable bonds is 4. The Hall–Kier alpha value is -1.95. The van der Waals surface area contributed by atoms with Gasteiger partial charge in [-0.2, -0.15) is 0 Å². The minimum absolute atomic E-state index is 0.0858. The topological polar surface area (TPSA) is 75.6 Å². The zero-order valence-corrected chi connectivity index (χ0v) is 10.2. The molecule has 1 heterocycles. The Morgan fingerprint density at radius 3 is 2.84 bits per heavy atom. The van der Waals surface area contributed by atoms with Crippen molar-refractivity contribution in [3.05, 3.63) is 29.6 Å². The van der Waals surface area contributed by atoms with Gasteiger partial charge in [0.15, 0.2) is 0 Å². The molecule has 1 amide bonds. The van der Waals surface area contributed by atoms with Crippen molar-refractivity contribution in [2.24, 2.45) is 0 Å². The van der Waals surface area contributed by atoms with E-state index in [1.807, 2.05) is 0 Å². The predicted octanol–water partition coefficient (Wildman–Crippen LogP) is 1.57. The van der Waals surface area contributed by atoms with Gasteiger partial charge in [-0.25, -0.2) is 4.39 Å². The minimum Gasteiger partial charge on any atom is -0.481 e. The molecule has 2 rings (SSSR count). The number of hydrogen-bond acceptors (Lipinski definition) is 3. The summed E-state index contributed by atoms with van der Waals surface area (Å²) in [6.07, 6.45) is 0.628. The monoisotopic (exact) mass is 267 g/mol. The van der Waals surface area contributed by atoms with Gasteiger partial charge in [0.05, 0.1) is 6.42 Å². The quantitative estimate of drug-likeness (QED) is 0.868. The van der Waals surface area contributed by atoms with Crippen LogP contribution in [0.15, 0.2) is 18.2 Å². The number of ether oxygens (including phenoxy) is 1. The fourth-order valence-corrected chi connectivity index (χ4v) is 1.94. The second-order valence-electron chi connectivity index (χ2n) is 4.37. The van der Waals surface area contributed by atoms with Crippen LogP contribution in [0.5, 0.6) is 0 Å². The molecular formula is C13H14FNO4. The van der Waals surface area contributed by atoms with E-state index < -0.39 is 17.9 Å². The average Bonchev–Trinajstić information content (AvgIpc) is 2.86. The molecule has 1 aromatic carbocycles. The smallest absolute Gasteiger partial charge is 0.307 e. The van der Waals surface area contributed by atoms with E-state index in [0.717, 1.165) is 12.5 Å². The summed E-state index contributed by atoms with van der Waals surface area (Å²) in [6.45, 7) is 0.560. The Bertz CT molecular complexity index is 497. The SMILES string of the molecule is O=C(O)Cc1ccc(NC(=O)[C@@H]2CCCO2)cc1F. The summed E-state index contributed by atoms with van der Waals surface area (Å²) >= 11 is 0. The van der Waals surface area contributed by atoms with Crippen LogP contribution in [0.25, 0.3) is 0 Å². The lowest BCUT2D eigenvalue weighted by molar-refractivity contribution is -0.136. The van der Waals surface area contributed by atoms with Crippen molar-refractivity contribution in [1.29, 1.82) is 0 Å². The lowest BCUT2D eigenvalue weighted by Crippen LogP contribution is -2.26. The molecule has 0 spiro atoms. The van der Waals surface area contributed by atoms with Gasteiger partial charge in [0.25, 0.3) is 5.91 Å². The maximum atomic E-state index is 13.6. The Kier molecular flexibility index (Phi) is 4.11.